The molecule has 0 bridgehead atoms. The molecule has 0 fully saturated rings. The Labute approximate surface area is 111 Å². The molecule has 3 nitrogen and oxygen atoms in total. The molecule has 1 aromatic carbocycles. The molecule has 92 valence electrons. The van der Waals surface area contributed by atoms with Gasteiger partial charge in [0, 0.05) is 17.0 Å². The van der Waals surface area contributed by atoms with E-state index in [2.05, 4.69) is 28.7 Å². The van der Waals surface area contributed by atoms with Gasteiger partial charge < -0.3 is 10.2 Å². The van der Waals surface area contributed by atoms with Gasteiger partial charge in [0.25, 0.3) is 0 Å². The monoisotopic (exact) mass is 269 g/mol. The Hall–Kier alpha value is -0.840. The molecule has 1 aromatic heterocycles. The third-order valence-electron chi connectivity index (χ3n) is 2.51. The van der Waals surface area contributed by atoms with Gasteiger partial charge in [0.1, 0.15) is 5.00 Å². The van der Waals surface area contributed by atoms with Gasteiger partial charge in [-0.3, -0.25) is 0 Å². The molecule has 1 heterocycles. The van der Waals surface area contributed by atoms with E-state index in [0.29, 0.717) is 0 Å². The number of halogens is 1. The molecule has 0 saturated heterocycles. The van der Waals surface area contributed by atoms with Gasteiger partial charge in [-0.15, -0.1) is 0 Å². The number of nitrogens with zero attached hydrogens (tertiary/aromatic N) is 2. The summed E-state index contributed by atoms with van der Waals surface area (Å²) in [4.78, 5) is 2.19. The Morgan fingerprint density at radius 3 is 3.00 bits per heavy atom. The Morgan fingerprint density at radius 1 is 1.41 bits per heavy atom. The van der Waals surface area contributed by atoms with Crippen molar-refractivity contribution in [3.05, 3.63) is 23.2 Å². The first-order chi connectivity index (χ1) is 8.16. The average Bonchev–Trinajstić information content (AvgIpc) is 2.66. The van der Waals surface area contributed by atoms with E-state index in [1.165, 1.54) is 11.5 Å². The van der Waals surface area contributed by atoms with Crippen LogP contribution in [-0.4, -0.2) is 36.5 Å². The van der Waals surface area contributed by atoms with Gasteiger partial charge in [-0.2, -0.15) is 4.37 Å². The minimum Gasteiger partial charge on any atom is -0.375 e. The van der Waals surface area contributed by atoms with Crippen molar-refractivity contribution in [2.45, 2.75) is 6.42 Å². The van der Waals surface area contributed by atoms with Crippen molar-refractivity contribution in [2.75, 3.05) is 32.5 Å². The lowest BCUT2D eigenvalue weighted by Crippen LogP contribution is -2.16. The molecule has 0 atom stereocenters. The van der Waals surface area contributed by atoms with Gasteiger partial charge in [0.2, 0.25) is 0 Å². The molecular weight excluding hydrogens is 254 g/mol. The minimum atomic E-state index is 0.738. The van der Waals surface area contributed by atoms with Crippen LogP contribution < -0.4 is 5.32 Å². The molecule has 17 heavy (non-hydrogen) atoms. The fourth-order valence-electron chi connectivity index (χ4n) is 1.64. The molecule has 2 rings (SSSR count). The first-order valence-corrected chi connectivity index (χ1v) is 6.75. The summed E-state index contributed by atoms with van der Waals surface area (Å²) >= 11 is 7.43. The molecule has 0 aliphatic carbocycles. The van der Waals surface area contributed by atoms with E-state index < -0.39 is 0 Å². The van der Waals surface area contributed by atoms with E-state index in [0.717, 1.165) is 40.4 Å². The number of nitrogens with one attached hydrogen (secondary N) is 1. The predicted molar refractivity (Wildman–Crippen MR) is 76.3 cm³/mol. The van der Waals surface area contributed by atoms with Crippen LogP contribution in [0.3, 0.4) is 0 Å². The van der Waals surface area contributed by atoms with E-state index in [4.69, 9.17) is 11.6 Å². The minimum absolute atomic E-state index is 0.738. The van der Waals surface area contributed by atoms with Gasteiger partial charge in [0.05, 0.1) is 5.52 Å². The second kappa shape index (κ2) is 5.67. The maximum Gasteiger partial charge on any atom is 0.117 e. The fraction of sp³-hybridized carbons (Fsp3) is 0.417. The lowest BCUT2D eigenvalue weighted by Gasteiger charge is -2.09. The number of fused-ring (bicyclic) bond motifs is 1. The smallest absolute Gasteiger partial charge is 0.117 e. The molecular formula is C12H16ClN3S. The summed E-state index contributed by atoms with van der Waals surface area (Å²) in [6.45, 7) is 2.06. The molecule has 0 aliphatic heterocycles. The van der Waals surface area contributed by atoms with Crippen molar-refractivity contribution in [1.82, 2.24) is 9.27 Å². The topological polar surface area (TPSA) is 28.2 Å². The van der Waals surface area contributed by atoms with Crippen LogP contribution in [0.5, 0.6) is 0 Å². The number of aromatic nitrogens is 1. The maximum atomic E-state index is 5.93. The molecule has 0 unspecified atom stereocenters. The van der Waals surface area contributed by atoms with Crippen LogP contribution in [0, 0.1) is 0 Å². The Kier molecular flexibility index (Phi) is 4.20. The zero-order chi connectivity index (χ0) is 12.3. The maximum absolute atomic E-state index is 5.93. The molecule has 0 aliphatic rings. The van der Waals surface area contributed by atoms with Gasteiger partial charge in [-0.1, -0.05) is 11.6 Å². The molecule has 2 aromatic rings. The second-order valence-electron chi connectivity index (χ2n) is 4.26. The SMILES string of the molecule is CN(C)CCCNc1snc2cc(Cl)ccc12. The first-order valence-electron chi connectivity index (χ1n) is 5.60. The second-order valence-corrected chi connectivity index (χ2v) is 5.47. The third-order valence-corrected chi connectivity index (χ3v) is 3.58. The molecule has 5 heteroatoms. The number of benzene rings is 1. The largest absolute Gasteiger partial charge is 0.375 e. The van der Waals surface area contributed by atoms with Gasteiger partial charge in [0.15, 0.2) is 0 Å². The quantitative estimate of drug-likeness (QED) is 0.844. The van der Waals surface area contributed by atoms with Crippen LogP contribution in [-0.2, 0) is 0 Å². The first kappa shape index (κ1) is 12.6. The standard InChI is InChI=1S/C12H16ClN3S/c1-16(2)7-3-6-14-12-10-5-4-9(13)8-11(10)15-17-12/h4-5,8,14H,3,6-7H2,1-2H3. The van der Waals surface area contributed by atoms with Gasteiger partial charge in [-0.25, -0.2) is 0 Å². The molecule has 0 amide bonds. The summed E-state index contributed by atoms with van der Waals surface area (Å²) in [6.07, 6.45) is 1.12. The summed E-state index contributed by atoms with van der Waals surface area (Å²) in [7, 11) is 4.17. The predicted octanol–water partition coefficient (Wildman–Crippen LogP) is 3.31. The highest BCUT2D eigenvalue weighted by atomic mass is 35.5. The van der Waals surface area contributed by atoms with Crippen molar-refractivity contribution in [3.8, 4) is 0 Å². The van der Waals surface area contributed by atoms with E-state index in [1.807, 2.05) is 18.2 Å². The molecule has 0 radical (unpaired) electrons. The van der Waals surface area contributed by atoms with Crippen molar-refractivity contribution < 1.29 is 0 Å². The van der Waals surface area contributed by atoms with E-state index in [1.54, 1.807) is 0 Å². The third kappa shape index (κ3) is 3.31. The van der Waals surface area contributed by atoms with Crippen LogP contribution >= 0.6 is 23.1 Å². The van der Waals surface area contributed by atoms with Crippen molar-refractivity contribution >= 4 is 39.0 Å². The van der Waals surface area contributed by atoms with E-state index in [-0.39, 0.29) is 0 Å². The van der Waals surface area contributed by atoms with E-state index >= 15 is 0 Å². The summed E-state index contributed by atoms with van der Waals surface area (Å²) in [5.74, 6) is 0. The van der Waals surface area contributed by atoms with Crippen LogP contribution in [0.4, 0.5) is 5.00 Å². The average molecular weight is 270 g/mol. The number of anilines is 1. The highest BCUT2D eigenvalue weighted by Gasteiger charge is 2.05. The Balaban J connectivity index is 1.99. The lowest BCUT2D eigenvalue weighted by molar-refractivity contribution is 0.405. The van der Waals surface area contributed by atoms with Crippen LogP contribution in [0.1, 0.15) is 6.42 Å². The molecule has 0 saturated carbocycles. The summed E-state index contributed by atoms with van der Waals surface area (Å²) in [5, 5.41) is 6.46. The van der Waals surface area contributed by atoms with Gasteiger partial charge in [-0.05, 0) is 56.8 Å². The fourth-order valence-corrected chi connectivity index (χ4v) is 2.59. The van der Waals surface area contributed by atoms with Crippen molar-refractivity contribution in [3.63, 3.8) is 0 Å². The molecule has 1 N–H and O–H groups in total. The van der Waals surface area contributed by atoms with Crippen LogP contribution in [0.25, 0.3) is 10.9 Å². The number of hydrogen-bond acceptors (Lipinski definition) is 4. The highest BCUT2D eigenvalue weighted by Crippen LogP contribution is 2.29. The Morgan fingerprint density at radius 2 is 2.24 bits per heavy atom. The zero-order valence-electron chi connectivity index (χ0n) is 10.0. The summed E-state index contributed by atoms with van der Waals surface area (Å²) in [5.41, 5.74) is 0.970. The number of rotatable bonds is 5. The normalized spacial score (nSPS) is 11.3. The van der Waals surface area contributed by atoms with Crippen molar-refractivity contribution in [2.24, 2.45) is 0 Å². The summed E-state index contributed by atoms with van der Waals surface area (Å²) < 4.78 is 4.38. The van der Waals surface area contributed by atoms with Crippen LogP contribution in [0.2, 0.25) is 5.02 Å². The Bertz CT molecular complexity index is 495. The highest BCUT2D eigenvalue weighted by molar-refractivity contribution is 7.11. The van der Waals surface area contributed by atoms with Gasteiger partial charge >= 0.3 is 0 Å². The van der Waals surface area contributed by atoms with Crippen molar-refractivity contribution in [1.29, 1.82) is 0 Å². The summed E-state index contributed by atoms with van der Waals surface area (Å²) in [6, 6.07) is 5.83. The number of hydrogen-bond donors (Lipinski definition) is 1. The molecule has 0 spiro atoms. The zero-order valence-corrected chi connectivity index (χ0v) is 11.6. The van der Waals surface area contributed by atoms with E-state index in [9.17, 15) is 0 Å². The lowest BCUT2D eigenvalue weighted by atomic mass is 10.2. The van der Waals surface area contributed by atoms with Crippen LogP contribution in [0.15, 0.2) is 18.2 Å².